The first-order valence-corrected chi connectivity index (χ1v) is 7.75. The third-order valence-electron chi connectivity index (χ3n) is 3.33. The summed E-state index contributed by atoms with van der Waals surface area (Å²) >= 11 is 3.68. The monoisotopic (exact) mass is 315 g/mol. The van der Waals surface area contributed by atoms with Gasteiger partial charge in [-0.25, -0.2) is 0 Å². The topological polar surface area (TPSA) is 29.9 Å². The number of hydrogen-bond donors (Lipinski definition) is 1. The summed E-state index contributed by atoms with van der Waals surface area (Å²) in [5.74, 6) is 0.629. The Labute approximate surface area is 119 Å². The number of hydrogen-bond acceptors (Lipinski definition) is 2. The van der Waals surface area contributed by atoms with Gasteiger partial charge in [0.1, 0.15) is 0 Å². The van der Waals surface area contributed by atoms with Crippen LogP contribution in [0.5, 0.6) is 0 Å². The van der Waals surface area contributed by atoms with E-state index in [0.717, 1.165) is 25.2 Å². The fourth-order valence-corrected chi connectivity index (χ4v) is 2.59. The van der Waals surface area contributed by atoms with Gasteiger partial charge in [0.15, 0.2) is 0 Å². The van der Waals surface area contributed by atoms with E-state index in [4.69, 9.17) is 0 Å². The zero-order valence-electron chi connectivity index (χ0n) is 12.3. The quantitative estimate of drug-likeness (QED) is 0.834. The molecule has 0 aliphatic heterocycles. The van der Waals surface area contributed by atoms with Crippen LogP contribution in [0.1, 0.15) is 45.5 Å². The summed E-state index contributed by atoms with van der Waals surface area (Å²) in [4.78, 5) is 0. The van der Waals surface area contributed by atoms with Crippen LogP contribution in [0.25, 0.3) is 0 Å². The van der Waals surface area contributed by atoms with Gasteiger partial charge >= 0.3 is 0 Å². The van der Waals surface area contributed by atoms with Crippen LogP contribution < -0.4 is 5.32 Å². The number of nitrogens with zero attached hydrogens (tertiary/aromatic N) is 2. The van der Waals surface area contributed by atoms with Gasteiger partial charge in [0.05, 0.1) is 15.9 Å². The predicted molar refractivity (Wildman–Crippen MR) is 81.0 cm³/mol. The van der Waals surface area contributed by atoms with Crippen molar-refractivity contribution in [3.8, 4) is 0 Å². The molecule has 104 valence electrons. The van der Waals surface area contributed by atoms with Crippen LogP contribution in [0.2, 0.25) is 0 Å². The van der Waals surface area contributed by atoms with Crippen molar-refractivity contribution in [3.63, 3.8) is 0 Å². The molecule has 0 bridgehead atoms. The van der Waals surface area contributed by atoms with Crippen LogP contribution in [-0.4, -0.2) is 22.4 Å². The number of nitrogens with one attached hydrogen (secondary N) is 1. The first-order valence-electron chi connectivity index (χ1n) is 6.96. The Balaban J connectivity index is 2.85. The molecule has 1 unspecified atom stereocenters. The molecule has 18 heavy (non-hydrogen) atoms. The van der Waals surface area contributed by atoms with Crippen molar-refractivity contribution >= 4 is 15.9 Å². The van der Waals surface area contributed by atoms with Gasteiger partial charge in [-0.1, -0.05) is 20.8 Å². The maximum absolute atomic E-state index is 4.56. The highest BCUT2D eigenvalue weighted by molar-refractivity contribution is 9.10. The van der Waals surface area contributed by atoms with Gasteiger partial charge in [0, 0.05) is 19.0 Å². The molecule has 0 aliphatic carbocycles. The van der Waals surface area contributed by atoms with Gasteiger partial charge in [-0.15, -0.1) is 0 Å². The standard InChI is InChI=1S/C14H26BrN3/c1-6-8-16-12(10(3)4)9-13-14(15)11(5)17-18(13)7-2/h10,12,16H,6-9H2,1-5H3. The molecule has 0 saturated carbocycles. The van der Waals surface area contributed by atoms with E-state index in [0.29, 0.717) is 12.0 Å². The van der Waals surface area contributed by atoms with Gasteiger partial charge in [0.25, 0.3) is 0 Å². The van der Waals surface area contributed by atoms with Gasteiger partial charge in [0.2, 0.25) is 0 Å². The van der Waals surface area contributed by atoms with E-state index in [2.05, 4.69) is 65.6 Å². The smallest absolute Gasteiger partial charge is 0.0738 e. The highest BCUT2D eigenvalue weighted by Gasteiger charge is 2.19. The summed E-state index contributed by atoms with van der Waals surface area (Å²) in [5, 5.41) is 8.21. The van der Waals surface area contributed by atoms with E-state index >= 15 is 0 Å². The Morgan fingerprint density at radius 3 is 2.50 bits per heavy atom. The van der Waals surface area contributed by atoms with Crippen molar-refractivity contribution in [3.05, 3.63) is 15.9 Å². The minimum absolute atomic E-state index is 0.516. The summed E-state index contributed by atoms with van der Waals surface area (Å²) in [5.41, 5.74) is 2.40. The second-order valence-corrected chi connectivity index (χ2v) is 5.96. The molecule has 1 aromatic rings. The molecule has 0 amide bonds. The van der Waals surface area contributed by atoms with Crippen molar-refractivity contribution in [2.75, 3.05) is 6.54 Å². The molecule has 0 saturated heterocycles. The lowest BCUT2D eigenvalue weighted by Gasteiger charge is -2.23. The molecule has 1 N–H and O–H groups in total. The molecular weight excluding hydrogens is 290 g/mol. The number of aromatic nitrogens is 2. The Hall–Kier alpha value is -0.350. The molecule has 0 aromatic carbocycles. The Morgan fingerprint density at radius 2 is 2.00 bits per heavy atom. The summed E-state index contributed by atoms with van der Waals surface area (Å²) < 4.78 is 3.29. The van der Waals surface area contributed by atoms with Crippen molar-refractivity contribution < 1.29 is 0 Å². The van der Waals surface area contributed by atoms with Crippen molar-refractivity contribution in [2.45, 2.75) is 60.0 Å². The van der Waals surface area contributed by atoms with Crippen LogP contribution in [0.15, 0.2) is 4.47 Å². The van der Waals surface area contributed by atoms with E-state index < -0.39 is 0 Å². The van der Waals surface area contributed by atoms with Crippen LogP contribution >= 0.6 is 15.9 Å². The van der Waals surface area contributed by atoms with Crippen LogP contribution in [-0.2, 0) is 13.0 Å². The van der Waals surface area contributed by atoms with E-state index in [1.54, 1.807) is 0 Å². The number of aryl methyl sites for hydroxylation is 2. The molecule has 1 rings (SSSR count). The lowest BCUT2D eigenvalue weighted by molar-refractivity contribution is 0.387. The number of halogens is 1. The SMILES string of the molecule is CCCNC(Cc1c(Br)c(C)nn1CC)C(C)C. The zero-order valence-corrected chi connectivity index (χ0v) is 13.8. The summed E-state index contributed by atoms with van der Waals surface area (Å²) in [7, 11) is 0. The fourth-order valence-electron chi connectivity index (χ4n) is 2.15. The average molecular weight is 316 g/mol. The highest BCUT2D eigenvalue weighted by Crippen LogP contribution is 2.23. The Kier molecular flexibility index (Phi) is 6.36. The summed E-state index contributed by atoms with van der Waals surface area (Å²) in [6, 6.07) is 0.516. The van der Waals surface area contributed by atoms with E-state index in [1.165, 1.54) is 16.6 Å². The van der Waals surface area contributed by atoms with Crippen molar-refractivity contribution in [2.24, 2.45) is 5.92 Å². The van der Waals surface area contributed by atoms with Crippen LogP contribution in [0.4, 0.5) is 0 Å². The third kappa shape index (κ3) is 3.82. The lowest BCUT2D eigenvalue weighted by Crippen LogP contribution is -2.37. The van der Waals surface area contributed by atoms with Gasteiger partial charge < -0.3 is 5.32 Å². The van der Waals surface area contributed by atoms with Gasteiger partial charge in [-0.3, -0.25) is 4.68 Å². The average Bonchev–Trinajstić information content (AvgIpc) is 2.61. The molecule has 0 aliphatic rings. The molecule has 1 aromatic heterocycles. The normalized spacial score (nSPS) is 13.3. The van der Waals surface area contributed by atoms with Crippen LogP contribution in [0.3, 0.4) is 0 Å². The molecule has 0 spiro atoms. The second kappa shape index (κ2) is 7.29. The Bertz CT molecular complexity index is 371. The van der Waals surface area contributed by atoms with Crippen molar-refractivity contribution in [1.29, 1.82) is 0 Å². The first-order chi connectivity index (χ1) is 8.51. The summed E-state index contributed by atoms with van der Waals surface area (Å²) in [6.45, 7) is 13.0. The maximum atomic E-state index is 4.56. The number of rotatable bonds is 7. The van der Waals surface area contributed by atoms with Crippen LogP contribution in [0, 0.1) is 12.8 Å². The fraction of sp³-hybridized carbons (Fsp3) is 0.786. The largest absolute Gasteiger partial charge is 0.313 e. The highest BCUT2D eigenvalue weighted by atomic mass is 79.9. The second-order valence-electron chi connectivity index (χ2n) is 5.17. The predicted octanol–water partition coefficient (Wildman–Crippen LogP) is 3.54. The Morgan fingerprint density at radius 1 is 1.33 bits per heavy atom. The van der Waals surface area contributed by atoms with Gasteiger partial charge in [-0.2, -0.15) is 5.10 Å². The molecule has 1 heterocycles. The molecular formula is C14H26BrN3. The third-order valence-corrected chi connectivity index (χ3v) is 4.36. The summed E-state index contributed by atoms with van der Waals surface area (Å²) in [6.07, 6.45) is 2.21. The molecule has 0 radical (unpaired) electrons. The lowest BCUT2D eigenvalue weighted by atomic mass is 9.99. The molecule has 0 fully saturated rings. The zero-order chi connectivity index (χ0) is 13.7. The maximum Gasteiger partial charge on any atom is 0.0738 e. The van der Waals surface area contributed by atoms with E-state index in [1.807, 2.05) is 0 Å². The molecule has 4 heteroatoms. The van der Waals surface area contributed by atoms with Crippen molar-refractivity contribution in [1.82, 2.24) is 15.1 Å². The minimum Gasteiger partial charge on any atom is -0.313 e. The molecule has 1 atom stereocenters. The van der Waals surface area contributed by atoms with Gasteiger partial charge in [-0.05, 0) is 48.7 Å². The van der Waals surface area contributed by atoms with E-state index in [9.17, 15) is 0 Å². The minimum atomic E-state index is 0.516. The first kappa shape index (κ1) is 15.7. The molecule has 3 nitrogen and oxygen atoms in total. The van der Waals surface area contributed by atoms with E-state index in [-0.39, 0.29) is 0 Å².